The van der Waals surface area contributed by atoms with Crippen molar-refractivity contribution in [1.29, 1.82) is 0 Å². The zero-order valence-corrected chi connectivity index (χ0v) is 13.2. The van der Waals surface area contributed by atoms with Crippen LogP contribution in [0.25, 0.3) is 10.2 Å². The Morgan fingerprint density at radius 2 is 2.10 bits per heavy atom. The Morgan fingerprint density at radius 3 is 2.80 bits per heavy atom. The second-order valence-electron chi connectivity index (χ2n) is 4.72. The van der Waals surface area contributed by atoms with Crippen molar-refractivity contribution in [3.8, 4) is 0 Å². The van der Waals surface area contributed by atoms with E-state index in [2.05, 4.69) is 40.8 Å². The van der Waals surface area contributed by atoms with Gasteiger partial charge < -0.3 is 5.32 Å². The number of aryl methyl sites for hydroxylation is 1. The fourth-order valence-electron chi connectivity index (χ4n) is 2.20. The summed E-state index contributed by atoms with van der Waals surface area (Å²) in [5.74, 6) is 0. The molecule has 1 aromatic carbocycles. The Kier molecular flexibility index (Phi) is 4.10. The molecule has 0 spiro atoms. The summed E-state index contributed by atoms with van der Waals surface area (Å²) in [6.07, 6.45) is 0.909. The summed E-state index contributed by atoms with van der Waals surface area (Å²) in [6.45, 7) is 5.11. The standard InChI is InChI=1S/C15H17N3S2/c1-3-16-12(8-14-17-10(2)9-19-14)15-18-11-6-4-5-7-13(11)20-15/h4-7,9,12,16H,3,8H2,1-2H3. The van der Waals surface area contributed by atoms with Gasteiger partial charge >= 0.3 is 0 Å². The van der Waals surface area contributed by atoms with Gasteiger partial charge in [0, 0.05) is 17.5 Å². The summed E-state index contributed by atoms with van der Waals surface area (Å²) >= 11 is 3.51. The third kappa shape index (κ3) is 2.90. The molecule has 0 saturated heterocycles. The minimum atomic E-state index is 0.253. The van der Waals surface area contributed by atoms with E-state index in [4.69, 9.17) is 4.98 Å². The normalized spacial score (nSPS) is 12.9. The molecule has 0 amide bonds. The van der Waals surface area contributed by atoms with Crippen LogP contribution in [0.5, 0.6) is 0 Å². The first kappa shape index (κ1) is 13.7. The number of nitrogens with zero attached hydrogens (tertiary/aromatic N) is 2. The molecule has 2 heterocycles. The third-order valence-corrected chi connectivity index (χ3v) is 5.24. The monoisotopic (exact) mass is 303 g/mol. The van der Waals surface area contributed by atoms with E-state index in [-0.39, 0.29) is 6.04 Å². The highest BCUT2D eigenvalue weighted by atomic mass is 32.1. The maximum absolute atomic E-state index is 4.77. The van der Waals surface area contributed by atoms with E-state index in [9.17, 15) is 0 Å². The van der Waals surface area contributed by atoms with Gasteiger partial charge in [-0.3, -0.25) is 0 Å². The molecule has 0 aliphatic rings. The third-order valence-electron chi connectivity index (χ3n) is 3.10. The van der Waals surface area contributed by atoms with Gasteiger partial charge in [-0.25, -0.2) is 9.97 Å². The van der Waals surface area contributed by atoms with Gasteiger partial charge in [-0.2, -0.15) is 0 Å². The number of para-hydroxylation sites is 1. The van der Waals surface area contributed by atoms with E-state index >= 15 is 0 Å². The van der Waals surface area contributed by atoms with Gasteiger partial charge in [0.1, 0.15) is 5.01 Å². The molecule has 3 nitrogen and oxygen atoms in total. The molecule has 0 fully saturated rings. The van der Waals surface area contributed by atoms with Crippen LogP contribution in [-0.2, 0) is 6.42 Å². The lowest BCUT2D eigenvalue weighted by Crippen LogP contribution is -2.22. The van der Waals surface area contributed by atoms with Gasteiger partial charge in [0.25, 0.3) is 0 Å². The number of hydrogen-bond acceptors (Lipinski definition) is 5. The molecule has 1 atom stereocenters. The van der Waals surface area contributed by atoms with E-state index in [1.165, 1.54) is 9.71 Å². The van der Waals surface area contributed by atoms with E-state index in [0.29, 0.717) is 0 Å². The highest BCUT2D eigenvalue weighted by molar-refractivity contribution is 7.18. The zero-order chi connectivity index (χ0) is 13.9. The van der Waals surface area contributed by atoms with Crippen LogP contribution in [0.3, 0.4) is 0 Å². The van der Waals surface area contributed by atoms with Gasteiger partial charge in [0.05, 0.1) is 21.3 Å². The van der Waals surface area contributed by atoms with Crippen molar-refractivity contribution in [3.63, 3.8) is 0 Å². The first-order valence-electron chi connectivity index (χ1n) is 6.76. The average molecular weight is 303 g/mol. The Bertz CT molecular complexity index is 669. The topological polar surface area (TPSA) is 37.8 Å². The lowest BCUT2D eigenvalue weighted by atomic mass is 10.2. The Balaban J connectivity index is 1.89. The van der Waals surface area contributed by atoms with Crippen molar-refractivity contribution in [3.05, 3.63) is 45.4 Å². The smallest absolute Gasteiger partial charge is 0.111 e. The van der Waals surface area contributed by atoms with Crippen LogP contribution in [0.4, 0.5) is 0 Å². The van der Waals surface area contributed by atoms with Crippen molar-refractivity contribution in [2.75, 3.05) is 6.54 Å². The SMILES string of the molecule is CCNC(Cc1nc(C)cs1)c1nc2ccccc2s1. The van der Waals surface area contributed by atoms with Crippen molar-refractivity contribution in [2.45, 2.75) is 26.3 Å². The minimum absolute atomic E-state index is 0.253. The van der Waals surface area contributed by atoms with Gasteiger partial charge in [0.15, 0.2) is 0 Å². The fraction of sp³-hybridized carbons (Fsp3) is 0.333. The molecule has 1 unspecified atom stereocenters. The van der Waals surface area contributed by atoms with Crippen LogP contribution < -0.4 is 5.32 Å². The minimum Gasteiger partial charge on any atom is -0.308 e. The average Bonchev–Trinajstić information content (AvgIpc) is 3.04. The maximum Gasteiger partial charge on any atom is 0.111 e. The Hall–Kier alpha value is -1.30. The number of aromatic nitrogens is 2. The quantitative estimate of drug-likeness (QED) is 0.775. The van der Waals surface area contributed by atoms with Gasteiger partial charge in [-0.05, 0) is 25.6 Å². The molecule has 1 N–H and O–H groups in total. The molecule has 0 radical (unpaired) electrons. The first-order chi connectivity index (χ1) is 9.76. The molecule has 0 saturated carbocycles. The fourth-order valence-corrected chi connectivity index (χ4v) is 4.07. The number of thiazole rings is 2. The number of likely N-dealkylation sites (N-methyl/N-ethyl adjacent to an activating group) is 1. The van der Waals surface area contributed by atoms with Crippen LogP contribution >= 0.6 is 22.7 Å². The van der Waals surface area contributed by atoms with Crippen molar-refractivity contribution >= 4 is 32.9 Å². The zero-order valence-electron chi connectivity index (χ0n) is 11.6. The second kappa shape index (κ2) is 5.99. The summed E-state index contributed by atoms with van der Waals surface area (Å²) in [7, 11) is 0. The molecule has 0 bridgehead atoms. The first-order valence-corrected chi connectivity index (χ1v) is 8.45. The van der Waals surface area contributed by atoms with Crippen LogP contribution in [0.2, 0.25) is 0 Å². The molecule has 0 aliphatic carbocycles. The molecule has 5 heteroatoms. The van der Waals surface area contributed by atoms with Gasteiger partial charge in [-0.1, -0.05) is 19.1 Å². The molecular weight excluding hydrogens is 286 g/mol. The molecule has 3 rings (SSSR count). The second-order valence-corrected chi connectivity index (χ2v) is 6.72. The molecule has 2 aromatic heterocycles. The summed E-state index contributed by atoms with van der Waals surface area (Å²) < 4.78 is 1.25. The lowest BCUT2D eigenvalue weighted by Gasteiger charge is -2.13. The molecule has 104 valence electrons. The summed E-state index contributed by atoms with van der Waals surface area (Å²) in [5, 5.41) is 7.97. The van der Waals surface area contributed by atoms with Crippen LogP contribution in [0.1, 0.15) is 28.7 Å². The van der Waals surface area contributed by atoms with Gasteiger partial charge in [0.2, 0.25) is 0 Å². The predicted molar refractivity (Wildman–Crippen MR) is 86.6 cm³/mol. The van der Waals surface area contributed by atoms with E-state index in [1.807, 2.05) is 13.0 Å². The van der Waals surface area contributed by atoms with E-state index in [1.54, 1.807) is 22.7 Å². The predicted octanol–water partition coefficient (Wildman–Crippen LogP) is 3.95. The highest BCUT2D eigenvalue weighted by Crippen LogP contribution is 2.28. The Morgan fingerprint density at radius 1 is 1.25 bits per heavy atom. The number of nitrogens with one attached hydrogen (secondary N) is 1. The maximum atomic E-state index is 4.77. The number of rotatable bonds is 5. The van der Waals surface area contributed by atoms with Crippen LogP contribution in [0, 0.1) is 6.92 Å². The molecular formula is C15H17N3S2. The summed E-state index contributed by atoms with van der Waals surface area (Å²) in [4.78, 5) is 9.34. The lowest BCUT2D eigenvalue weighted by molar-refractivity contribution is 0.546. The van der Waals surface area contributed by atoms with Crippen molar-refractivity contribution in [1.82, 2.24) is 15.3 Å². The molecule has 20 heavy (non-hydrogen) atoms. The van der Waals surface area contributed by atoms with Crippen molar-refractivity contribution in [2.24, 2.45) is 0 Å². The summed E-state index contributed by atoms with van der Waals surface area (Å²) in [5.41, 5.74) is 2.19. The number of benzene rings is 1. The van der Waals surface area contributed by atoms with Crippen LogP contribution in [-0.4, -0.2) is 16.5 Å². The van der Waals surface area contributed by atoms with Crippen molar-refractivity contribution < 1.29 is 0 Å². The molecule has 0 aliphatic heterocycles. The largest absolute Gasteiger partial charge is 0.308 e. The van der Waals surface area contributed by atoms with Gasteiger partial charge in [-0.15, -0.1) is 22.7 Å². The number of hydrogen-bond donors (Lipinski definition) is 1. The van der Waals surface area contributed by atoms with E-state index < -0.39 is 0 Å². The van der Waals surface area contributed by atoms with E-state index in [0.717, 1.165) is 29.2 Å². The number of fused-ring (bicyclic) bond motifs is 1. The summed E-state index contributed by atoms with van der Waals surface area (Å²) in [6, 6.07) is 8.57. The van der Waals surface area contributed by atoms with Crippen LogP contribution in [0.15, 0.2) is 29.6 Å². The highest BCUT2D eigenvalue weighted by Gasteiger charge is 2.17. The molecule has 3 aromatic rings. The Labute approximate surface area is 126 Å².